The van der Waals surface area contributed by atoms with Crippen LogP contribution in [0.3, 0.4) is 0 Å². The van der Waals surface area contributed by atoms with Gasteiger partial charge in [0.05, 0.1) is 5.75 Å². The van der Waals surface area contributed by atoms with Gasteiger partial charge in [-0.15, -0.1) is 11.8 Å². The van der Waals surface area contributed by atoms with Gasteiger partial charge in [0.25, 0.3) is 0 Å². The molecule has 100 valence electrons. The Labute approximate surface area is 114 Å². The fraction of sp³-hybridized carbons (Fsp3) is 0.500. The zero-order valence-electron chi connectivity index (χ0n) is 11.3. The van der Waals surface area contributed by atoms with E-state index in [9.17, 15) is 4.79 Å². The summed E-state index contributed by atoms with van der Waals surface area (Å²) in [7, 11) is 1.66. The molecule has 4 heteroatoms. The number of thioether (sulfide) groups is 1. The second-order valence-electron chi connectivity index (χ2n) is 4.39. The van der Waals surface area contributed by atoms with Crippen LogP contribution in [0.4, 0.5) is 0 Å². The molecule has 1 amide bonds. The minimum atomic E-state index is 0.0426. The lowest BCUT2D eigenvalue weighted by molar-refractivity contribution is -0.118. The van der Waals surface area contributed by atoms with Crippen molar-refractivity contribution in [3.05, 3.63) is 35.4 Å². The molecule has 2 atom stereocenters. The zero-order chi connectivity index (χ0) is 13.5. The zero-order valence-corrected chi connectivity index (χ0v) is 12.1. The maximum Gasteiger partial charge on any atom is 0.229 e. The number of hydrogen-bond acceptors (Lipinski definition) is 3. The van der Waals surface area contributed by atoms with Gasteiger partial charge >= 0.3 is 0 Å². The molecule has 0 saturated heterocycles. The van der Waals surface area contributed by atoms with E-state index in [4.69, 9.17) is 5.73 Å². The van der Waals surface area contributed by atoms with E-state index in [1.54, 1.807) is 18.8 Å². The van der Waals surface area contributed by atoms with Gasteiger partial charge in [0.2, 0.25) is 5.91 Å². The second kappa shape index (κ2) is 7.44. The molecule has 0 aliphatic rings. The average Bonchev–Trinajstić information content (AvgIpc) is 2.38. The molecule has 0 spiro atoms. The van der Waals surface area contributed by atoms with Crippen molar-refractivity contribution >= 4 is 17.7 Å². The molecule has 1 aromatic rings. The number of aryl methyl sites for hydroxylation is 1. The Morgan fingerprint density at radius 2 is 2.22 bits per heavy atom. The summed E-state index contributed by atoms with van der Waals surface area (Å²) in [5.74, 6) is 0.490. The predicted molar refractivity (Wildman–Crippen MR) is 78.7 cm³/mol. The third-order valence-electron chi connectivity index (χ3n) is 2.90. The minimum absolute atomic E-state index is 0.0426. The van der Waals surface area contributed by atoms with E-state index in [1.807, 2.05) is 6.07 Å². The molecule has 0 heterocycles. The van der Waals surface area contributed by atoms with E-state index in [0.717, 1.165) is 6.42 Å². The van der Waals surface area contributed by atoms with Gasteiger partial charge in [-0.2, -0.15) is 0 Å². The van der Waals surface area contributed by atoms with Crippen LogP contribution in [0, 0.1) is 6.92 Å². The summed E-state index contributed by atoms with van der Waals surface area (Å²) in [6.07, 6.45) is 0.902. The Morgan fingerprint density at radius 3 is 2.78 bits per heavy atom. The average molecular weight is 266 g/mol. The highest BCUT2D eigenvalue weighted by molar-refractivity contribution is 8.00. The van der Waals surface area contributed by atoms with E-state index in [1.165, 1.54) is 11.1 Å². The van der Waals surface area contributed by atoms with Gasteiger partial charge in [-0.3, -0.25) is 4.79 Å². The first kappa shape index (κ1) is 15.1. The number of benzene rings is 1. The van der Waals surface area contributed by atoms with Crippen LogP contribution in [-0.2, 0) is 4.79 Å². The van der Waals surface area contributed by atoms with E-state index in [0.29, 0.717) is 5.75 Å². The molecule has 0 aromatic heterocycles. The lowest BCUT2D eigenvalue weighted by atomic mass is 10.0. The largest absolute Gasteiger partial charge is 0.358 e. The summed E-state index contributed by atoms with van der Waals surface area (Å²) in [6.45, 7) is 4.15. The molecule has 0 saturated carbocycles. The SMILES string of the molecule is CCC(N)C(SCC(=O)NC)c1cccc(C)c1. The molecular formula is C14H22N2OS. The number of nitrogens with two attached hydrogens (primary N) is 1. The summed E-state index contributed by atoms with van der Waals surface area (Å²) < 4.78 is 0. The van der Waals surface area contributed by atoms with Crippen LogP contribution in [0.15, 0.2) is 24.3 Å². The first-order chi connectivity index (χ1) is 8.58. The third kappa shape index (κ3) is 4.35. The molecule has 0 aliphatic heterocycles. The topological polar surface area (TPSA) is 55.1 Å². The molecule has 3 nitrogen and oxygen atoms in total. The van der Waals surface area contributed by atoms with Gasteiger partial charge in [-0.25, -0.2) is 0 Å². The molecule has 0 bridgehead atoms. The summed E-state index contributed by atoms with van der Waals surface area (Å²) in [4.78, 5) is 11.4. The van der Waals surface area contributed by atoms with Crippen LogP contribution in [-0.4, -0.2) is 24.7 Å². The Hall–Kier alpha value is -1.00. The van der Waals surface area contributed by atoms with Gasteiger partial charge in [0.15, 0.2) is 0 Å². The van der Waals surface area contributed by atoms with Crippen LogP contribution in [0.25, 0.3) is 0 Å². The Bertz CT molecular complexity index is 395. The maximum atomic E-state index is 11.4. The Balaban J connectivity index is 2.81. The highest BCUT2D eigenvalue weighted by atomic mass is 32.2. The monoisotopic (exact) mass is 266 g/mol. The summed E-state index contributed by atoms with van der Waals surface area (Å²) in [5, 5.41) is 2.81. The quantitative estimate of drug-likeness (QED) is 0.830. The molecule has 1 aromatic carbocycles. The van der Waals surface area contributed by atoms with Gasteiger partial charge in [0.1, 0.15) is 0 Å². The smallest absolute Gasteiger partial charge is 0.229 e. The fourth-order valence-corrected chi connectivity index (χ4v) is 3.02. The number of hydrogen-bond donors (Lipinski definition) is 2. The van der Waals surface area contributed by atoms with Crippen LogP contribution in [0.5, 0.6) is 0 Å². The van der Waals surface area contributed by atoms with Crippen molar-refractivity contribution in [2.75, 3.05) is 12.8 Å². The van der Waals surface area contributed by atoms with Gasteiger partial charge < -0.3 is 11.1 Å². The van der Waals surface area contributed by atoms with Gasteiger partial charge in [0, 0.05) is 18.3 Å². The normalized spacial score (nSPS) is 14.0. The summed E-state index contributed by atoms with van der Waals surface area (Å²) in [5.41, 5.74) is 8.60. The summed E-state index contributed by atoms with van der Waals surface area (Å²) in [6, 6.07) is 8.42. The maximum absolute atomic E-state index is 11.4. The van der Waals surface area contributed by atoms with Gasteiger partial charge in [-0.05, 0) is 18.9 Å². The first-order valence-electron chi connectivity index (χ1n) is 6.22. The molecule has 3 N–H and O–H groups in total. The first-order valence-corrected chi connectivity index (χ1v) is 7.27. The van der Waals surface area contributed by atoms with Crippen molar-refractivity contribution < 1.29 is 4.79 Å². The van der Waals surface area contributed by atoms with Crippen molar-refractivity contribution in [2.24, 2.45) is 5.73 Å². The molecule has 0 fully saturated rings. The lowest BCUT2D eigenvalue weighted by Crippen LogP contribution is -2.28. The molecule has 1 rings (SSSR count). The minimum Gasteiger partial charge on any atom is -0.358 e. The second-order valence-corrected chi connectivity index (χ2v) is 5.52. The molecule has 18 heavy (non-hydrogen) atoms. The van der Waals surface area contributed by atoms with E-state index in [-0.39, 0.29) is 17.2 Å². The Morgan fingerprint density at radius 1 is 1.50 bits per heavy atom. The van der Waals surface area contributed by atoms with Gasteiger partial charge in [-0.1, -0.05) is 36.8 Å². The summed E-state index contributed by atoms with van der Waals surface area (Å²) >= 11 is 1.61. The highest BCUT2D eigenvalue weighted by Gasteiger charge is 2.20. The Kier molecular flexibility index (Phi) is 6.22. The molecule has 2 unspecified atom stereocenters. The number of nitrogens with one attached hydrogen (secondary N) is 1. The van der Waals surface area contributed by atoms with Crippen LogP contribution < -0.4 is 11.1 Å². The standard InChI is InChI=1S/C14H22N2OS/c1-4-12(15)14(18-9-13(17)16-3)11-7-5-6-10(2)8-11/h5-8,12,14H,4,9,15H2,1-3H3,(H,16,17). The fourth-order valence-electron chi connectivity index (χ4n) is 1.77. The number of rotatable bonds is 6. The number of carbonyl (C=O) groups excluding carboxylic acids is 1. The number of carbonyl (C=O) groups is 1. The highest BCUT2D eigenvalue weighted by Crippen LogP contribution is 2.32. The van der Waals surface area contributed by atoms with Crippen molar-refractivity contribution in [1.82, 2.24) is 5.32 Å². The number of amides is 1. The third-order valence-corrected chi connectivity index (χ3v) is 4.31. The van der Waals surface area contributed by atoms with Crippen LogP contribution in [0.2, 0.25) is 0 Å². The predicted octanol–water partition coefficient (Wildman–Crippen LogP) is 2.25. The lowest BCUT2D eigenvalue weighted by Gasteiger charge is -2.23. The van der Waals surface area contributed by atoms with E-state index >= 15 is 0 Å². The molecular weight excluding hydrogens is 244 g/mol. The van der Waals surface area contributed by atoms with Crippen LogP contribution in [0.1, 0.15) is 29.7 Å². The van der Waals surface area contributed by atoms with Crippen molar-refractivity contribution in [3.63, 3.8) is 0 Å². The van der Waals surface area contributed by atoms with E-state index in [2.05, 4.69) is 37.4 Å². The van der Waals surface area contributed by atoms with Crippen molar-refractivity contribution in [1.29, 1.82) is 0 Å². The van der Waals surface area contributed by atoms with Crippen molar-refractivity contribution in [2.45, 2.75) is 31.6 Å². The molecule has 0 aliphatic carbocycles. The van der Waals surface area contributed by atoms with Crippen molar-refractivity contribution in [3.8, 4) is 0 Å². The van der Waals surface area contributed by atoms with E-state index < -0.39 is 0 Å². The van der Waals surface area contributed by atoms with Crippen LogP contribution >= 0.6 is 11.8 Å². The molecule has 0 radical (unpaired) electrons.